The summed E-state index contributed by atoms with van der Waals surface area (Å²) in [6, 6.07) is 6.93. The van der Waals surface area contributed by atoms with E-state index in [1.807, 2.05) is 0 Å². The van der Waals surface area contributed by atoms with Gasteiger partial charge < -0.3 is 4.74 Å². The number of benzene rings is 2. The summed E-state index contributed by atoms with van der Waals surface area (Å²) in [5.74, 6) is -1.49. The molecule has 1 heterocycles. The second kappa shape index (κ2) is 6.37. The summed E-state index contributed by atoms with van der Waals surface area (Å²) < 4.78 is 36.7. The van der Waals surface area contributed by atoms with Crippen LogP contribution in [0.5, 0.6) is 5.75 Å². The Bertz CT molecular complexity index is 1000. The molecule has 0 aliphatic rings. The fraction of sp³-hybridized carbons (Fsp3) is 0.167. The maximum absolute atomic E-state index is 14.4. The van der Waals surface area contributed by atoms with Gasteiger partial charge in [0.05, 0.1) is 18.4 Å². The number of methoxy groups -OCH3 is 1. The number of hydrogen-bond donors (Lipinski definition) is 0. The molecule has 0 N–H and O–H groups in total. The van der Waals surface area contributed by atoms with Crippen LogP contribution in [0.15, 0.2) is 41.3 Å². The third-order valence-corrected chi connectivity index (χ3v) is 4.34. The van der Waals surface area contributed by atoms with Crippen molar-refractivity contribution in [2.75, 3.05) is 7.11 Å². The van der Waals surface area contributed by atoms with Gasteiger partial charge in [-0.05, 0) is 25.1 Å². The summed E-state index contributed by atoms with van der Waals surface area (Å²) in [6.45, 7) is 1.69. The van der Waals surface area contributed by atoms with Crippen molar-refractivity contribution in [3.05, 3.63) is 69.1 Å². The molecule has 0 amide bonds. The van der Waals surface area contributed by atoms with Crippen molar-refractivity contribution in [1.29, 1.82) is 0 Å². The van der Waals surface area contributed by atoms with E-state index in [1.54, 1.807) is 30.9 Å². The van der Waals surface area contributed by atoms with E-state index < -0.39 is 11.6 Å². The van der Waals surface area contributed by atoms with Crippen LogP contribution < -0.4 is 10.3 Å². The van der Waals surface area contributed by atoms with Crippen LogP contribution in [-0.2, 0) is 7.05 Å². The van der Waals surface area contributed by atoms with Gasteiger partial charge in [0.2, 0.25) is 0 Å². The van der Waals surface area contributed by atoms with Gasteiger partial charge in [0.1, 0.15) is 17.4 Å². The first-order valence-corrected chi connectivity index (χ1v) is 7.80. The van der Waals surface area contributed by atoms with Crippen LogP contribution in [0.4, 0.5) is 8.78 Å². The van der Waals surface area contributed by atoms with Crippen molar-refractivity contribution < 1.29 is 13.5 Å². The highest BCUT2D eigenvalue weighted by atomic mass is 35.5. The monoisotopic (exact) mass is 364 g/mol. The lowest BCUT2D eigenvalue weighted by molar-refractivity contribution is 0.407. The predicted molar refractivity (Wildman–Crippen MR) is 92.7 cm³/mol. The van der Waals surface area contributed by atoms with E-state index in [0.717, 1.165) is 12.1 Å². The molecule has 3 aromatic rings. The first kappa shape index (κ1) is 17.2. The minimum atomic E-state index is -0.784. The largest absolute Gasteiger partial charge is 0.497 e. The zero-order chi connectivity index (χ0) is 18.3. The average Bonchev–Trinajstić information content (AvgIpc) is 2.83. The second-order valence-electron chi connectivity index (χ2n) is 5.62. The third kappa shape index (κ3) is 2.93. The zero-order valence-electron chi connectivity index (χ0n) is 13.8. The lowest BCUT2D eigenvalue weighted by atomic mass is 10.0. The Kier molecular flexibility index (Phi) is 4.39. The van der Waals surface area contributed by atoms with Crippen LogP contribution in [0.2, 0.25) is 5.02 Å². The normalized spacial score (nSPS) is 11.0. The summed E-state index contributed by atoms with van der Waals surface area (Å²) >= 11 is 6.17. The number of aromatic nitrogens is 2. The first-order valence-electron chi connectivity index (χ1n) is 7.42. The number of hydrogen-bond acceptors (Lipinski definition) is 2. The van der Waals surface area contributed by atoms with E-state index in [9.17, 15) is 13.6 Å². The van der Waals surface area contributed by atoms with Gasteiger partial charge in [-0.1, -0.05) is 11.6 Å². The molecule has 0 aliphatic heterocycles. The molecule has 4 nitrogen and oxygen atoms in total. The number of nitrogens with zero attached hydrogens (tertiary/aromatic N) is 2. The van der Waals surface area contributed by atoms with E-state index >= 15 is 0 Å². The van der Waals surface area contributed by atoms with E-state index in [-0.39, 0.29) is 27.5 Å². The molecule has 2 aromatic carbocycles. The van der Waals surface area contributed by atoms with Crippen LogP contribution in [0.1, 0.15) is 5.56 Å². The highest BCUT2D eigenvalue weighted by Gasteiger charge is 2.18. The topological polar surface area (TPSA) is 36.2 Å². The van der Waals surface area contributed by atoms with E-state index in [2.05, 4.69) is 0 Å². The Morgan fingerprint density at radius 3 is 2.28 bits per heavy atom. The van der Waals surface area contributed by atoms with Gasteiger partial charge in [-0.2, -0.15) is 0 Å². The van der Waals surface area contributed by atoms with Crippen LogP contribution in [0.25, 0.3) is 16.8 Å². The molecule has 0 spiro atoms. The van der Waals surface area contributed by atoms with Gasteiger partial charge in [0.15, 0.2) is 0 Å². The summed E-state index contributed by atoms with van der Waals surface area (Å²) in [5.41, 5.74) is 0.901. The Labute approximate surface area is 147 Å². The zero-order valence-corrected chi connectivity index (χ0v) is 14.6. The minimum absolute atomic E-state index is 0.0782. The first-order chi connectivity index (χ1) is 11.8. The van der Waals surface area contributed by atoms with Gasteiger partial charge in [-0.3, -0.25) is 9.48 Å². The van der Waals surface area contributed by atoms with Crippen LogP contribution in [0, 0.1) is 18.6 Å². The molecule has 25 heavy (non-hydrogen) atoms. The van der Waals surface area contributed by atoms with Crippen molar-refractivity contribution in [2.45, 2.75) is 6.92 Å². The maximum atomic E-state index is 14.4. The molecule has 3 rings (SSSR count). The number of halogens is 3. The van der Waals surface area contributed by atoms with E-state index in [0.29, 0.717) is 11.3 Å². The second-order valence-corrected chi connectivity index (χ2v) is 6.02. The smallest absolute Gasteiger partial charge is 0.269 e. The third-order valence-electron chi connectivity index (χ3n) is 4.01. The number of rotatable bonds is 3. The standard InChI is InChI=1S/C18H15ClF2N2O2/c1-10-9-23(22(2)18(10)24)11-4-5-14(19)13(6-11)17-15(20)7-12(25-3)8-16(17)21/h4-9H,1-3H3. The molecule has 0 aliphatic carbocycles. The molecule has 0 saturated heterocycles. The maximum Gasteiger partial charge on any atom is 0.269 e. The van der Waals surface area contributed by atoms with Gasteiger partial charge >= 0.3 is 0 Å². The molecule has 1 aromatic heterocycles. The summed E-state index contributed by atoms with van der Waals surface area (Å²) in [5, 5.41) is 0.195. The molecule has 0 atom stereocenters. The van der Waals surface area contributed by atoms with Crippen molar-refractivity contribution >= 4 is 11.6 Å². The van der Waals surface area contributed by atoms with Crippen LogP contribution in [0.3, 0.4) is 0 Å². The fourth-order valence-corrected chi connectivity index (χ4v) is 2.91. The molecule has 0 saturated carbocycles. The molecule has 130 valence electrons. The van der Waals surface area contributed by atoms with E-state index in [4.69, 9.17) is 16.3 Å². The van der Waals surface area contributed by atoms with Gasteiger partial charge in [0, 0.05) is 41.5 Å². The van der Waals surface area contributed by atoms with Crippen LogP contribution >= 0.6 is 11.6 Å². The van der Waals surface area contributed by atoms with Crippen molar-refractivity contribution in [2.24, 2.45) is 7.05 Å². The molecular weight excluding hydrogens is 350 g/mol. The average molecular weight is 365 g/mol. The van der Waals surface area contributed by atoms with Gasteiger partial charge in [-0.15, -0.1) is 0 Å². The molecule has 0 radical (unpaired) electrons. The fourth-order valence-electron chi connectivity index (χ4n) is 2.70. The Morgan fingerprint density at radius 1 is 1.12 bits per heavy atom. The van der Waals surface area contributed by atoms with E-state index in [1.165, 1.54) is 23.9 Å². The van der Waals surface area contributed by atoms with Crippen molar-refractivity contribution in [3.63, 3.8) is 0 Å². The molecular formula is C18H15ClF2N2O2. The lowest BCUT2D eigenvalue weighted by Crippen LogP contribution is -2.18. The van der Waals surface area contributed by atoms with Gasteiger partial charge in [0.25, 0.3) is 5.56 Å². The highest BCUT2D eigenvalue weighted by molar-refractivity contribution is 6.33. The molecule has 0 bridgehead atoms. The Hall–Kier alpha value is -2.60. The number of ether oxygens (including phenoxy) is 1. The lowest BCUT2D eigenvalue weighted by Gasteiger charge is -2.13. The summed E-state index contributed by atoms with van der Waals surface area (Å²) in [6.07, 6.45) is 1.65. The summed E-state index contributed by atoms with van der Waals surface area (Å²) in [4.78, 5) is 11.9. The number of aryl methyl sites for hydroxylation is 1. The SMILES string of the molecule is COc1cc(F)c(-c2cc(-n3cc(C)c(=O)n3C)ccc2Cl)c(F)c1. The molecule has 0 unspecified atom stereocenters. The van der Waals surface area contributed by atoms with Gasteiger partial charge in [-0.25, -0.2) is 13.5 Å². The predicted octanol–water partition coefficient (Wildman–Crippen LogP) is 4.09. The molecule has 7 heteroatoms. The summed E-state index contributed by atoms with van der Waals surface area (Å²) in [7, 11) is 2.94. The molecule has 0 fully saturated rings. The van der Waals surface area contributed by atoms with Crippen LogP contribution in [-0.4, -0.2) is 16.5 Å². The van der Waals surface area contributed by atoms with Crippen molar-refractivity contribution in [1.82, 2.24) is 9.36 Å². The minimum Gasteiger partial charge on any atom is -0.497 e. The van der Waals surface area contributed by atoms with Crippen molar-refractivity contribution in [3.8, 4) is 22.6 Å². The Balaban J connectivity index is 2.22. The highest BCUT2D eigenvalue weighted by Crippen LogP contribution is 2.35. The Morgan fingerprint density at radius 2 is 1.76 bits per heavy atom. The quantitative estimate of drug-likeness (QED) is 0.701.